The molecular formula is C25H41NO8. The molecule has 0 aliphatic carbocycles. The number of unbranched alkanes of at least 4 members (excludes halogenated alkanes) is 3. The van der Waals surface area contributed by atoms with Crippen molar-refractivity contribution in [1.82, 2.24) is 5.32 Å². The topological polar surface area (TPSA) is 102 Å². The number of rotatable bonds is 22. The summed E-state index contributed by atoms with van der Waals surface area (Å²) in [6.45, 7) is 6.48. The smallest absolute Gasteiger partial charge is 0.407 e. The van der Waals surface area contributed by atoms with Gasteiger partial charge in [0.05, 0.1) is 52.9 Å². The van der Waals surface area contributed by atoms with Gasteiger partial charge in [-0.05, 0) is 12.0 Å². The Balaban J connectivity index is 1.74. The number of alkyl carbamates (subject to hydrolysis) is 1. The lowest BCUT2D eigenvalue weighted by atomic mass is 10.2. The Morgan fingerprint density at radius 1 is 0.706 bits per heavy atom. The predicted molar refractivity (Wildman–Crippen MR) is 128 cm³/mol. The van der Waals surface area contributed by atoms with Crippen LogP contribution in [-0.2, 0) is 39.8 Å². The highest BCUT2D eigenvalue weighted by Crippen LogP contribution is 2.03. The number of carbonyl (C=O) groups excluding carboxylic acids is 2. The number of ether oxygens (including phenoxy) is 6. The summed E-state index contributed by atoms with van der Waals surface area (Å²) in [7, 11) is 0. The molecule has 0 heterocycles. The standard InChI is InChI=1S/C25H41NO8/c1-2-3-4-8-11-24(27)33-21-20-32-19-18-31-17-16-30-15-14-29-13-12-26-25(28)34-22-23-9-6-5-7-10-23/h5-7,9-10H,2-4,8,11-22H2,1H3,(H,26,28). The molecule has 0 radical (unpaired) electrons. The van der Waals surface area contributed by atoms with Gasteiger partial charge in [0, 0.05) is 13.0 Å². The maximum absolute atomic E-state index is 11.6. The summed E-state index contributed by atoms with van der Waals surface area (Å²) >= 11 is 0. The van der Waals surface area contributed by atoms with Gasteiger partial charge in [0.25, 0.3) is 0 Å². The molecule has 194 valence electrons. The Hall–Kier alpha value is -2.20. The summed E-state index contributed by atoms with van der Waals surface area (Å²) in [6, 6.07) is 9.50. The fourth-order valence-corrected chi connectivity index (χ4v) is 2.74. The zero-order chi connectivity index (χ0) is 24.5. The first-order valence-electron chi connectivity index (χ1n) is 12.1. The molecule has 0 atom stereocenters. The summed E-state index contributed by atoms with van der Waals surface area (Å²) in [5, 5.41) is 2.63. The van der Waals surface area contributed by atoms with E-state index in [9.17, 15) is 9.59 Å². The van der Waals surface area contributed by atoms with Crippen LogP contribution in [0.25, 0.3) is 0 Å². The van der Waals surface area contributed by atoms with E-state index >= 15 is 0 Å². The molecule has 0 spiro atoms. The van der Waals surface area contributed by atoms with Gasteiger partial charge >= 0.3 is 12.1 Å². The third kappa shape index (κ3) is 19.3. The summed E-state index contributed by atoms with van der Waals surface area (Å²) in [5.41, 5.74) is 0.939. The molecule has 9 heteroatoms. The first kappa shape index (κ1) is 29.8. The van der Waals surface area contributed by atoms with Crippen molar-refractivity contribution < 1.29 is 38.0 Å². The van der Waals surface area contributed by atoms with Crippen LogP contribution in [-0.4, -0.2) is 78.1 Å². The maximum atomic E-state index is 11.6. The number of benzene rings is 1. The maximum Gasteiger partial charge on any atom is 0.407 e. The van der Waals surface area contributed by atoms with Crippen molar-refractivity contribution in [3.8, 4) is 0 Å². The van der Waals surface area contributed by atoms with Gasteiger partial charge in [-0.1, -0.05) is 56.5 Å². The molecular weight excluding hydrogens is 442 g/mol. The van der Waals surface area contributed by atoms with Crippen LogP contribution in [0.3, 0.4) is 0 Å². The van der Waals surface area contributed by atoms with Crippen LogP contribution in [0.1, 0.15) is 44.6 Å². The lowest BCUT2D eigenvalue weighted by molar-refractivity contribution is -0.145. The summed E-state index contributed by atoms with van der Waals surface area (Å²) in [4.78, 5) is 23.1. The number of carbonyl (C=O) groups is 2. The number of esters is 1. The van der Waals surface area contributed by atoms with E-state index in [1.54, 1.807) is 0 Å². The van der Waals surface area contributed by atoms with E-state index in [0.29, 0.717) is 65.8 Å². The monoisotopic (exact) mass is 483 g/mol. The molecule has 0 saturated carbocycles. The van der Waals surface area contributed by atoms with Crippen LogP contribution in [0.4, 0.5) is 4.79 Å². The molecule has 0 aromatic heterocycles. The van der Waals surface area contributed by atoms with Gasteiger partial charge in [0.2, 0.25) is 0 Å². The van der Waals surface area contributed by atoms with E-state index in [4.69, 9.17) is 28.4 Å². The predicted octanol–water partition coefficient (Wildman–Crippen LogP) is 3.49. The van der Waals surface area contributed by atoms with Crippen LogP contribution < -0.4 is 5.32 Å². The Bertz CT molecular complexity index is 614. The number of hydrogen-bond acceptors (Lipinski definition) is 8. The van der Waals surface area contributed by atoms with Gasteiger partial charge in [0.15, 0.2) is 0 Å². The van der Waals surface area contributed by atoms with Gasteiger partial charge in [0.1, 0.15) is 13.2 Å². The van der Waals surface area contributed by atoms with Crippen LogP contribution >= 0.6 is 0 Å². The largest absolute Gasteiger partial charge is 0.463 e. The molecule has 1 aromatic carbocycles. The van der Waals surface area contributed by atoms with Crippen molar-refractivity contribution >= 4 is 12.1 Å². The van der Waals surface area contributed by atoms with Crippen LogP contribution in [0, 0.1) is 0 Å². The highest BCUT2D eigenvalue weighted by atomic mass is 16.6. The molecule has 34 heavy (non-hydrogen) atoms. The summed E-state index contributed by atoms with van der Waals surface area (Å²) < 4.78 is 31.8. The Labute approximate surface area is 203 Å². The quantitative estimate of drug-likeness (QED) is 0.198. The number of amides is 1. The zero-order valence-electron chi connectivity index (χ0n) is 20.5. The van der Waals surface area contributed by atoms with E-state index in [2.05, 4.69) is 12.2 Å². The molecule has 1 amide bonds. The lowest BCUT2D eigenvalue weighted by Gasteiger charge is -2.09. The van der Waals surface area contributed by atoms with E-state index < -0.39 is 6.09 Å². The Kier molecular flexibility index (Phi) is 19.8. The van der Waals surface area contributed by atoms with Crippen LogP contribution in [0.5, 0.6) is 0 Å². The SMILES string of the molecule is CCCCCCC(=O)OCCOCCOCCOCCOCCNC(=O)OCc1ccccc1. The number of hydrogen-bond donors (Lipinski definition) is 1. The lowest BCUT2D eigenvalue weighted by Crippen LogP contribution is -2.28. The highest BCUT2D eigenvalue weighted by molar-refractivity contribution is 5.69. The van der Waals surface area contributed by atoms with Crippen molar-refractivity contribution in [3.63, 3.8) is 0 Å². The first-order valence-corrected chi connectivity index (χ1v) is 12.1. The van der Waals surface area contributed by atoms with Crippen molar-refractivity contribution in [2.75, 3.05) is 66.0 Å². The van der Waals surface area contributed by atoms with Crippen LogP contribution in [0.2, 0.25) is 0 Å². The Morgan fingerprint density at radius 3 is 1.91 bits per heavy atom. The van der Waals surface area contributed by atoms with E-state index in [1.807, 2.05) is 30.3 Å². The molecule has 1 aromatic rings. The molecule has 0 unspecified atom stereocenters. The van der Waals surface area contributed by atoms with Crippen molar-refractivity contribution in [3.05, 3.63) is 35.9 Å². The molecule has 0 fully saturated rings. The minimum Gasteiger partial charge on any atom is -0.463 e. The second-order valence-corrected chi connectivity index (χ2v) is 7.47. The van der Waals surface area contributed by atoms with Gasteiger partial charge in [-0.3, -0.25) is 4.79 Å². The Morgan fingerprint density at radius 2 is 1.29 bits per heavy atom. The van der Waals surface area contributed by atoms with Gasteiger partial charge in [-0.15, -0.1) is 0 Å². The van der Waals surface area contributed by atoms with Crippen molar-refractivity contribution in [2.24, 2.45) is 0 Å². The average Bonchev–Trinajstić information content (AvgIpc) is 2.85. The minimum absolute atomic E-state index is 0.158. The zero-order valence-corrected chi connectivity index (χ0v) is 20.5. The first-order chi connectivity index (χ1) is 16.7. The summed E-state index contributed by atoms with van der Waals surface area (Å²) in [6.07, 6.45) is 4.28. The second-order valence-electron chi connectivity index (χ2n) is 7.47. The molecule has 9 nitrogen and oxygen atoms in total. The van der Waals surface area contributed by atoms with E-state index in [0.717, 1.165) is 31.2 Å². The third-order valence-corrected chi connectivity index (χ3v) is 4.57. The highest BCUT2D eigenvalue weighted by Gasteiger charge is 2.03. The van der Waals surface area contributed by atoms with Crippen molar-refractivity contribution in [2.45, 2.75) is 45.6 Å². The molecule has 0 bridgehead atoms. The van der Waals surface area contributed by atoms with Crippen LogP contribution in [0.15, 0.2) is 30.3 Å². The fraction of sp³-hybridized carbons (Fsp3) is 0.680. The number of nitrogens with one attached hydrogen (secondary N) is 1. The third-order valence-electron chi connectivity index (χ3n) is 4.57. The van der Waals surface area contributed by atoms with Gasteiger partial charge in [-0.2, -0.15) is 0 Å². The molecule has 1 N–H and O–H groups in total. The fourth-order valence-electron chi connectivity index (χ4n) is 2.74. The molecule has 0 saturated heterocycles. The summed E-state index contributed by atoms with van der Waals surface area (Å²) in [5.74, 6) is -0.158. The molecule has 0 aliphatic rings. The average molecular weight is 484 g/mol. The minimum atomic E-state index is -0.469. The second kappa shape index (κ2) is 22.6. The normalized spacial score (nSPS) is 10.7. The van der Waals surface area contributed by atoms with Crippen molar-refractivity contribution in [1.29, 1.82) is 0 Å². The van der Waals surface area contributed by atoms with Gasteiger partial charge < -0.3 is 33.7 Å². The van der Waals surface area contributed by atoms with E-state index in [1.165, 1.54) is 0 Å². The van der Waals surface area contributed by atoms with Gasteiger partial charge in [-0.25, -0.2) is 4.79 Å². The molecule has 0 aliphatic heterocycles. The molecule has 1 rings (SSSR count). The van der Waals surface area contributed by atoms with E-state index in [-0.39, 0.29) is 19.2 Å².